The number of amides is 1. The van der Waals surface area contributed by atoms with E-state index in [0.29, 0.717) is 18.3 Å². The molecule has 0 saturated heterocycles. The first-order valence-corrected chi connectivity index (χ1v) is 10.1. The molecule has 0 bridgehead atoms. The molecule has 0 saturated carbocycles. The SMILES string of the molecule is CCCCn1c(N)c(N(C)C(=O)CCc2nc(-c3cccs3)no2)c(=O)[nH]c1=O. The number of thiophene rings is 1. The van der Waals surface area contributed by atoms with Gasteiger partial charge < -0.3 is 15.2 Å². The number of aromatic nitrogens is 4. The van der Waals surface area contributed by atoms with Gasteiger partial charge in [-0.05, 0) is 17.9 Å². The summed E-state index contributed by atoms with van der Waals surface area (Å²) in [5.41, 5.74) is 4.71. The second-order valence-corrected chi connectivity index (χ2v) is 7.39. The van der Waals surface area contributed by atoms with Crippen molar-refractivity contribution in [3.63, 3.8) is 0 Å². The Morgan fingerprint density at radius 1 is 1.41 bits per heavy atom. The van der Waals surface area contributed by atoms with Crippen molar-refractivity contribution in [1.29, 1.82) is 0 Å². The zero-order valence-corrected chi connectivity index (χ0v) is 17.0. The molecule has 0 aliphatic carbocycles. The molecule has 1 amide bonds. The third kappa shape index (κ3) is 4.45. The van der Waals surface area contributed by atoms with Crippen LogP contribution in [0, 0.1) is 0 Å². The van der Waals surface area contributed by atoms with Gasteiger partial charge in [-0.1, -0.05) is 24.6 Å². The Morgan fingerprint density at radius 3 is 2.90 bits per heavy atom. The molecule has 0 fully saturated rings. The molecule has 10 nitrogen and oxygen atoms in total. The highest BCUT2D eigenvalue weighted by atomic mass is 32.1. The number of hydrogen-bond acceptors (Lipinski definition) is 8. The largest absolute Gasteiger partial charge is 0.383 e. The fourth-order valence-corrected chi connectivity index (χ4v) is 3.46. The van der Waals surface area contributed by atoms with Gasteiger partial charge in [0.2, 0.25) is 17.6 Å². The molecule has 3 aromatic heterocycles. The van der Waals surface area contributed by atoms with Crippen LogP contribution in [0.5, 0.6) is 0 Å². The minimum absolute atomic E-state index is 0.0270. The Bertz CT molecular complexity index is 1100. The van der Waals surface area contributed by atoms with E-state index in [-0.39, 0.29) is 30.3 Å². The van der Waals surface area contributed by atoms with E-state index < -0.39 is 11.2 Å². The van der Waals surface area contributed by atoms with Crippen molar-refractivity contribution >= 4 is 28.7 Å². The van der Waals surface area contributed by atoms with Crippen LogP contribution in [0.2, 0.25) is 0 Å². The van der Waals surface area contributed by atoms with Gasteiger partial charge in [-0.3, -0.25) is 19.1 Å². The maximum atomic E-state index is 12.6. The van der Waals surface area contributed by atoms with Crippen LogP contribution in [0.15, 0.2) is 31.6 Å². The highest BCUT2D eigenvalue weighted by Crippen LogP contribution is 2.22. The van der Waals surface area contributed by atoms with Gasteiger partial charge in [0.15, 0.2) is 5.69 Å². The van der Waals surface area contributed by atoms with Crippen LogP contribution in [0.4, 0.5) is 11.5 Å². The van der Waals surface area contributed by atoms with Crippen molar-refractivity contribution in [3.8, 4) is 10.7 Å². The Hall–Kier alpha value is -3.21. The summed E-state index contributed by atoms with van der Waals surface area (Å²) in [5, 5.41) is 5.81. The van der Waals surface area contributed by atoms with Crippen molar-refractivity contribution in [2.45, 2.75) is 39.2 Å². The molecule has 29 heavy (non-hydrogen) atoms. The van der Waals surface area contributed by atoms with Gasteiger partial charge in [-0.15, -0.1) is 11.3 Å². The summed E-state index contributed by atoms with van der Waals surface area (Å²) in [6.07, 6.45) is 1.83. The molecular weight excluding hydrogens is 396 g/mol. The van der Waals surface area contributed by atoms with Crippen LogP contribution in [0.1, 0.15) is 32.1 Å². The lowest BCUT2D eigenvalue weighted by atomic mass is 10.2. The molecule has 11 heteroatoms. The van der Waals surface area contributed by atoms with E-state index in [1.165, 1.54) is 23.0 Å². The van der Waals surface area contributed by atoms with Crippen molar-refractivity contribution < 1.29 is 9.32 Å². The van der Waals surface area contributed by atoms with Gasteiger partial charge in [-0.2, -0.15) is 4.98 Å². The summed E-state index contributed by atoms with van der Waals surface area (Å²) in [4.78, 5) is 45.4. The van der Waals surface area contributed by atoms with E-state index in [1.54, 1.807) is 0 Å². The van der Waals surface area contributed by atoms with Crippen LogP contribution < -0.4 is 21.9 Å². The Labute approximate surface area is 170 Å². The number of rotatable bonds is 8. The number of anilines is 2. The number of nitrogens with zero attached hydrogens (tertiary/aromatic N) is 4. The number of H-pyrrole nitrogens is 1. The van der Waals surface area contributed by atoms with Gasteiger partial charge in [-0.25, -0.2) is 4.79 Å². The molecule has 0 spiro atoms. The lowest BCUT2D eigenvalue weighted by molar-refractivity contribution is -0.118. The summed E-state index contributed by atoms with van der Waals surface area (Å²) >= 11 is 1.49. The van der Waals surface area contributed by atoms with E-state index in [1.807, 2.05) is 24.4 Å². The number of nitrogen functional groups attached to an aromatic ring is 1. The Balaban J connectivity index is 1.73. The zero-order valence-electron chi connectivity index (χ0n) is 16.2. The highest BCUT2D eigenvalue weighted by Gasteiger charge is 2.21. The molecule has 3 N–H and O–H groups in total. The van der Waals surface area contributed by atoms with Crippen molar-refractivity contribution in [2.75, 3.05) is 17.7 Å². The molecule has 0 atom stereocenters. The smallest absolute Gasteiger partial charge is 0.330 e. The number of carbonyl (C=O) groups excluding carboxylic acids is 1. The number of carbonyl (C=O) groups is 1. The molecule has 3 aromatic rings. The molecule has 154 valence electrons. The molecule has 3 heterocycles. The minimum Gasteiger partial charge on any atom is -0.383 e. The quantitative estimate of drug-likeness (QED) is 0.566. The van der Waals surface area contributed by atoms with E-state index in [9.17, 15) is 14.4 Å². The van der Waals surface area contributed by atoms with Crippen molar-refractivity contribution in [2.24, 2.45) is 0 Å². The first kappa shape index (κ1) is 20.5. The van der Waals surface area contributed by atoms with Crippen LogP contribution in [-0.2, 0) is 17.8 Å². The van der Waals surface area contributed by atoms with E-state index in [4.69, 9.17) is 10.3 Å². The van der Waals surface area contributed by atoms with Gasteiger partial charge in [0.25, 0.3) is 5.56 Å². The fourth-order valence-electron chi connectivity index (χ4n) is 2.81. The van der Waals surface area contributed by atoms with Crippen LogP contribution >= 0.6 is 11.3 Å². The summed E-state index contributed by atoms with van der Waals surface area (Å²) < 4.78 is 6.46. The first-order valence-electron chi connectivity index (χ1n) is 9.18. The number of nitrogens with two attached hydrogens (primary N) is 1. The molecule has 3 rings (SSSR count). The average Bonchev–Trinajstić information content (AvgIpc) is 3.37. The van der Waals surface area contributed by atoms with Crippen LogP contribution in [0.3, 0.4) is 0 Å². The number of unbranched alkanes of at least 4 members (excludes halogenated alkanes) is 1. The second kappa shape index (κ2) is 8.86. The molecular formula is C18H22N6O4S. The zero-order chi connectivity index (χ0) is 21.0. The summed E-state index contributed by atoms with van der Waals surface area (Å²) in [6, 6.07) is 3.76. The van der Waals surface area contributed by atoms with E-state index in [0.717, 1.165) is 22.6 Å². The predicted octanol–water partition coefficient (Wildman–Crippen LogP) is 1.63. The highest BCUT2D eigenvalue weighted by molar-refractivity contribution is 7.13. The van der Waals surface area contributed by atoms with Gasteiger partial charge in [0, 0.05) is 26.4 Å². The first-order chi connectivity index (χ1) is 13.9. The van der Waals surface area contributed by atoms with E-state index in [2.05, 4.69) is 15.1 Å². The van der Waals surface area contributed by atoms with Crippen molar-refractivity contribution in [3.05, 3.63) is 44.2 Å². The van der Waals surface area contributed by atoms with Gasteiger partial charge in [0.05, 0.1) is 4.88 Å². The molecule has 0 aliphatic heterocycles. The van der Waals surface area contributed by atoms with E-state index >= 15 is 0 Å². The summed E-state index contributed by atoms with van der Waals surface area (Å²) in [6.45, 7) is 2.34. The number of aryl methyl sites for hydroxylation is 1. The lowest BCUT2D eigenvalue weighted by Gasteiger charge is -2.20. The van der Waals surface area contributed by atoms with Crippen LogP contribution in [-0.4, -0.2) is 32.6 Å². The Morgan fingerprint density at radius 2 is 2.21 bits per heavy atom. The standard InChI is InChI=1S/C18H22N6O4S/c1-3-4-9-24-15(19)14(17(26)21-18(24)27)23(2)13(25)8-7-12-20-16(22-28-12)11-6-5-10-29-11/h5-6,10H,3-4,7-9,19H2,1-2H3,(H,21,26,27). The molecule has 0 aromatic carbocycles. The van der Waals surface area contributed by atoms with Crippen molar-refractivity contribution in [1.82, 2.24) is 19.7 Å². The lowest BCUT2D eigenvalue weighted by Crippen LogP contribution is -2.39. The maximum absolute atomic E-state index is 12.6. The van der Waals surface area contributed by atoms with Crippen LogP contribution in [0.25, 0.3) is 10.7 Å². The van der Waals surface area contributed by atoms with Gasteiger partial charge >= 0.3 is 5.69 Å². The topological polar surface area (TPSA) is 140 Å². The average molecular weight is 418 g/mol. The molecule has 0 radical (unpaired) electrons. The van der Waals surface area contributed by atoms with Gasteiger partial charge in [0.1, 0.15) is 5.82 Å². The third-order valence-corrected chi connectivity index (χ3v) is 5.29. The summed E-state index contributed by atoms with van der Waals surface area (Å²) in [5.74, 6) is 0.407. The molecule has 0 unspecified atom stereocenters. The minimum atomic E-state index is -0.700. The normalized spacial score (nSPS) is 11.0. The second-order valence-electron chi connectivity index (χ2n) is 6.44. The number of hydrogen-bond donors (Lipinski definition) is 2. The summed E-state index contributed by atoms with van der Waals surface area (Å²) in [7, 11) is 1.45. The number of aromatic amines is 1. The molecule has 0 aliphatic rings. The third-order valence-electron chi connectivity index (χ3n) is 4.42. The maximum Gasteiger partial charge on any atom is 0.330 e. The Kier molecular flexibility index (Phi) is 6.27. The number of nitrogens with one attached hydrogen (secondary N) is 1. The predicted molar refractivity (Wildman–Crippen MR) is 110 cm³/mol. The fraction of sp³-hybridized carbons (Fsp3) is 0.389. The monoisotopic (exact) mass is 418 g/mol.